The summed E-state index contributed by atoms with van der Waals surface area (Å²) < 4.78 is 0. The Hall–Kier alpha value is -2.66. The standard InChI is InChI=1S/C26H33N3O2/c1-20(2)17-23-24(30)29(19-22-11-7-4-8-12-22)26(25(31)27-23)13-15-28(16-14-26)18-21-9-5-3-6-10-21/h3-12,20,23H,13-19H2,1-2H3,(H,27,31)/t23-/m1/s1. The van der Waals surface area contributed by atoms with E-state index >= 15 is 0 Å². The van der Waals surface area contributed by atoms with Crippen molar-refractivity contribution in [2.24, 2.45) is 5.92 Å². The van der Waals surface area contributed by atoms with Gasteiger partial charge in [0.25, 0.3) is 0 Å². The van der Waals surface area contributed by atoms with E-state index in [1.54, 1.807) is 0 Å². The van der Waals surface area contributed by atoms with Crippen LogP contribution in [0, 0.1) is 5.92 Å². The fourth-order valence-corrected chi connectivity index (χ4v) is 4.92. The van der Waals surface area contributed by atoms with Crippen molar-refractivity contribution >= 4 is 11.8 Å². The van der Waals surface area contributed by atoms with Crippen molar-refractivity contribution in [3.63, 3.8) is 0 Å². The third kappa shape index (κ3) is 4.67. The number of piperazine rings is 1. The van der Waals surface area contributed by atoms with Crippen LogP contribution < -0.4 is 5.32 Å². The number of hydrogen-bond donors (Lipinski definition) is 1. The van der Waals surface area contributed by atoms with Gasteiger partial charge < -0.3 is 10.2 Å². The van der Waals surface area contributed by atoms with E-state index in [9.17, 15) is 9.59 Å². The van der Waals surface area contributed by atoms with Crippen LogP contribution in [0.3, 0.4) is 0 Å². The molecule has 0 saturated carbocycles. The molecular weight excluding hydrogens is 386 g/mol. The number of carbonyl (C=O) groups is 2. The first-order valence-corrected chi connectivity index (χ1v) is 11.4. The lowest BCUT2D eigenvalue weighted by molar-refractivity contribution is -0.162. The van der Waals surface area contributed by atoms with Crippen molar-refractivity contribution in [2.75, 3.05) is 13.1 Å². The molecule has 2 aliphatic heterocycles. The van der Waals surface area contributed by atoms with Crippen LogP contribution in [0.4, 0.5) is 0 Å². The minimum Gasteiger partial charge on any atom is -0.342 e. The number of piperidine rings is 1. The summed E-state index contributed by atoms with van der Waals surface area (Å²) in [4.78, 5) is 31.3. The van der Waals surface area contributed by atoms with Gasteiger partial charge in [-0.15, -0.1) is 0 Å². The molecule has 5 nitrogen and oxygen atoms in total. The normalized spacial score (nSPS) is 21.5. The molecule has 2 fully saturated rings. The monoisotopic (exact) mass is 419 g/mol. The van der Waals surface area contributed by atoms with Gasteiger partial charge in [0.1, 0.15) is 11.6 Å². The van der Waals surface area contributed by atoms with E-state index in [-0.39, 0.29) is 11.8 Å². The zero-order valence-electron chi connectivity index (χ0n) is 18.6. The first-order chi connectivity index (χ1) is 15.0. The molecule has 0 radical (unpaired) electrons. The first-order valence-electron chi connectivity index (χ1n) is 11.4. The maximum atomic E-state index is 13.6. The molecule has 5 heteroatoms. The Balaban J connectivity index is 1.55. The highest BCUT2D eigenvalue weighted by Gasteiger charge is 2.53. The summed E-state index contributed by atoms with van der Waals surface area (Å²) >= 11 is 0. The number of amides is 2. The highest BCUT2D eigenvalue weighted by Crippen LogP contribution is 2.35. The van der Waals surface area contributed by atoms with Crippen molar-refractivity contribution in [3.05, 3.63) is 71.8 Å². The van der Waals surface area contributed by atoms with Crippen LogP contribution in [0.25, 0.3) is 0 Å². The largest absolute Gasteiger partial charge is 0.342 e. The van der Waals surface area contributed by atoms with Crippen LogP contribution in [-0.4, -0.2) is 46.3 Å². The molecule has 0 bridgehead atoms. The molecule has 2 saturated heterocycles. The molecule has 2 aromatic carbocycles. The second-order valence-corrected chi connectivity index (χ2v) is 9.36. The molecular formula is C26H33N3O2. The number of nitrogens with one attached hydrogen (secondary N) is 1. The zero-order chi connectivity index (χ0) is 21.8. The fraction of sp³-hybridized carbons (Fsp3) is 0.462. The van der Waals surface area contributed by atoms with Crippen molar-refractivity contribution in [2.45, 2.75) is 57.8 Å². The molecule has 164 valence electrons. The van der Waals surface area contributed by atoms with Crippen LogP contribution in [0.15, 0.2) is 60.7 Å². The SMILES string of the molecule is CC(C)C[C@H]1NC(=O)C2(CCN(Cc3ccccc3)CC2)N(Cc2ccccc2)C1=O. The summed E-state index contributed by atoms with van der Waals surface area (Å²) in [5.74, 6) is 0.427. The van der Waals surface area contributed by atoms with E-state index in [0.717, 1.165) is 25.2 Å². The molecule has 2 aliphatic rings. The molecule has 31 heavy (non-hydrogen) atoms. The summed E-state index contributed by atoms with van der Waals surface area (Å²) in [6.45, 7) is 7.15. The number of rotatable bonds is 6. The molecule has 0 aliphatic carbocycles. The van der Waals surface area contributed by atoms with Crippen LogP contribution in [-0.2, 0) is 22.7 Å². The average Bonchev–Trinajstić information content (AvgIpc) is 2.77. The van der Waals surface area contributed by atoms with Gasteiger partial charge in [0.2, 0.25) is 11.8 Å². The van der Waals surface area contributed by atoms with Gasteiger partial charge >= 0.3 is 0 Å². The summed E-state index contributed by atoms with van der Waals surface area (Å²) in [6.07, 6.45) is 2.00. The van der Waals surface area contributed by atoms with Gasteiger partial charge in [-0.25, -0.2) is 0 Å². The highest BCUT2D eigenvalue weighted by atomic mass is 16.2. The molecule has 2 aromatic rings. The molecule has 1 atom stereocenters. The van der Waals surface area contributed by atoms with E-state index in [1.165, 1.54) is 5.56 Å². The molecule has 2 heterocycles. The minimum atomic E-state index is -0.756. The van der Waals surface area contributed by atoms with E-state index < -0.39 is 11.6 Å². The van der Waals surface area contributed by atoms with Crippen molar-refractivity contribution in [1.29, 1.82) is 0 Å². The Kier molecular flexibility index (Phi) is 6.42. The Bertz CT molecular complexity index is 889. The molecule has 2 amide bonds. The van der Waals surface area contributed by atoms with Gasteiger partial charge in [-0.1, -0.05) is 74.5 Å². The number of likely N-dealkylation sites (tertiary alicyclic amines) is 1. The lowest BCUT2D eigenvalue weighted by Gasteiger charge is -2.52. The second kappa shape index (κ2) is 9.23. The molecule has 0 unspecified atom stereocenters. The smallest absolute Gasteiger partial charge is 0.246 e. The predicted molar refractivity (Wildman–Crippen MR) is 122 cm³/mol. The van der Waals surface area contributed by atoms with Gasteiger partial charge in [-0.3, -0.25) is 14.5 Å². The number of hydrogen-bond acceptors (Lipinski definition) is 3. The summed E-state index contributed by atoms with van der Waals surface area (Å²) in [6, 6.07) is 20.0. The third-order valence-electron chi connectivity index (χ3n) is 6.63. The number of carbonyl (C=O) groups excluding carboxylic acids is 2. The van der Waals surface area contributed by atoms with Crippen molar-refractivity contribution in [3.8, 4) is 0 Å². The predicted octanol–water partition coefficient (Wildman–Crippen LogP) is 3.59. The van der Waals surface area contributed by atoms with Crippen LogP contribution >= 0.6 is 0 Å². The maximum Gasteiger partial charge on any atom is 0.246 e. The molecule has 1 spiro atoms. The fourth-order valence-electron chi connectivity index (χ4n) is 4.92. The van der Waals surface area contributed by atoms with Crippen LogP contribution in [0.5, 0.6) is 0 Å². The Morgan fingerprint density at radius 3 is 2.00 bits per heavy atom. The quantitative estimate of drug-likeness (QED) is 0.779. The van der Waals surface area contributed by atoms with Gasteiger partial charge in [0.15, 0.2) is 0 Å². The zero-order valence-corrected chi connectivity index (χ0v) is 18.6. The second-order valence-electron chi connectivity index (χ2n) is 9.36. The van der Waals surface area contributed by atoms with Gasteiger partial charge in [0.05, 0.1) is 0 Å². The van der Waals surface area contributed by atoms with E-state index in [4.69, 9.17) is 0 Å². The van der Waals surface area contributed by atoms with Gasteiger partial charge in [0, 0.05) is 26.2 Å². The highest BCUT2D eigenvalue weighted by molar-refractivity contribution is 6.00. The van der Waals surface area contributed by atoms with Crippen LogP contribution in [0.2, 0.25) is 0 Å². The molecule has 1 N–H and O–H groups in total. The summed E-state index contributed by atoms with van der Waals surface area (Å²) in [5, 5.41) is 3.09. The Morgan fingerprint density at radius 1 is 0.903 bits per heavy atom. The first kappa shape index (κ1) is 21.6. The van der Waals surface area contributed by atoms with E-state index in [2.05, 4.69) is 48.3 Å². The number of nitrogens with zero attached hydrogens (tertiary/aromatic N) is 2. The third-order valence-corrected chi connectivity index (χ3v) is 6.63. The lowest BCUT2D eigenvalue weighted by Crippen LogP contribution is -2.72. The summed E-state index contributed by atoms with van der Waals surface area (Å²) in [7, 11) is 0. The van der Waals surface area contributed by atoms with Crippen molar-refractivity contribution in [1.82, 2.24) is 15.1 Å². The summed E-state index contributed by atoms with van der Waals surface area (Å²) in [5.41, 5.74) is 1.59. The van der Waals surface area contributed by atoms with Crippen molar-refractivity contribution < 1.29 is 9.59 Å². The molecule has 0 aromatic heterocycles. The lowest BCUT2D eigenvalue weighted by atomic mass is 9.80. The topological polar surface area (TPSA) is 52.7 Å². The van der Waals surface area contributed by atoms with E-state index in [1.807, 2.05) is 41.3 Å². The van der Waals surface area contributed by atoms with E-state index in [0.29, 0.717) is 31.7 Å². The van der Waals surface area contributed by atoms with Gasteiger partial charge in [-0.05, 0) is 36.3 Å². The maximum absolute atomic E-state index is 13.6. The Labute approximate surface area is 185 Å². The average molecular weight is 420 g/mol. The molecule has 4 rings (SSSR count). The van der Waals surface area contributed by atoms with Gasteiger partial charge in [-0.2, -0.15) is 0 Å². The minimum absolute atomic E-state index is 0.0213. The number of benzene rings is 2. The Morgan fingerprint density at radius 2 is 1.45 bits per heavy atom. The van der Waals surface area contributed by atoms with Crippen LogP contribution in [0.1, 0.15) is 44.2 Å².